The number of sulfonamides is 1. The maximum Gasteiger partial charge on any atom is 0.262 e. The summed E-state index contributed by atoms with van der Waals surface area (Å²) in [5.41, 5.74) is 0.634. The highest BCUT2D eigenvalue weighted by Crippen LogP contribution is 2.27. The number of benzene rings is 1. The fourth-order valence-electron chi connectivity index (χ4n) is 3.22. The van der Waals surface area contributed by atoms with Crippen molar-refractivity contribution in [1.82, 2.24) is 13.9 Å². The van der Waals surface area contributed by atoms with E-state index in [0.717, 1.165) is 0 Å². The molecule has 1 aliphatic rings. The van der Waals surface area contributed by atoms with Crippen molar-refractivity contribution in [3.05, 3.63) is 36.8 Å². The summed E-state index contributed by atoms with van der Waals surface area (Å²) in [4.78, 5) is 16.7. The van der Waals surface area contributed by atoms with Crippen LogP contribution in [0.4, 0.5) is 5.69 Å². The van der Waals surface area contributed by atoms with E-state index in [1.807, 2.05) is 32.0 Å². The summed E-state index contributed by atoms with van der Waals surface area (Å²) in [5, 5.41) is 2.97. The number of ether oxygens (including phenoxy) is 1. The molecule has 1 N–H and O–H groups in total. The second kappa shape index (κ2) is 8.74. The number of nitrogens with one attached hydrogen (secondary N) is 1. The first-order chi connectivity index (χ1) is 13.5. The summed E-state index contributed by atoms with van der Waals surface area (Å²) in [6.07, 6.45) is 3.99. The molecule has 0 unspecified atom stereocenters. The van der Waals surface area contributed by atoms with Gasteiger partial charge in [0.25, 0.3) is 10.0 Å². The Hall–Kier alpha value is -2.39. The van der Waals surface area contributed by atoms with Crippen LogP contribution in [0, 0.1) is 5.92 Å². The largest absolute Gasteiger partial charge is 0.492 e. The van der Waals surface area contributed by atoms with Crippen LogP contribution in [0.25, 0.3) is 0 Å². The molecule has 1 saturated heterocycles. The molecule has 28 heavy (non-hydrogen) atoms. The summed E-state index contributed by atoms with van der Waals surface area (Å²) in [7, 11) is -3.62. The Morgan fingerprint density at radius 2 is 1.96 bits per heavy atom. The van der Waals surface area contributed by atoms with Crippen molar-refractivity contribution in [2.45, 2.75) is 38.3 Å². The molecule has 3 rings (SSSR count). The molecule has 1 aromatic carbocycles. The van der Waals surface area contributed by atoms with E-state index >= 15 is 0 Å². The van der Waals surface area contributed by atoms with Crippen molar-refractivity contribution in [2.24, 2.45) is 5.92 Å². The second-order valence-electron chi connectivity index (χ2n) is 6.64. The average Bonchev–Trinajstić information content (AvgIpc) is 3.20. The van der Waals surface area contributed by atoms with Crippen LogP contribution in [-0.2, 0) is 21.4 Å². The number of hydrogen-bond acceptors (Lipinski definition) is 5. The normalized spacial score (nSPS) is 16.1. The van der Waals surface area contributed by atoms with Crippen LogP contribution >= 0.6 is 0 Å². The summed E-state index contributed by atoms with van der Waals surface area (Å²) in [6.45, 7) is 5.58. The van der Waals surface area contributed by atoms with Gasteiger partial charge in [0.15, 0.2) is 5.03 Å². The number of aryl methyl sites for hydroxylation is 1. The van der Waals surface area contributed by atoms with Crippen LogP contribution in [0.15, 0.2) is 41.8 Å². The molecule has 1 amide bonds. The lowest BCUT2D eigenvalue weighted by Gasteiger charge is -2.30. The van der Waals surface area contributed by atoms with Crippen LogP contribution < -0.4 is 10.1 Å². The zero-order valence-corrected chi connectivity index (χ0v) is 17.0. The molecule has 2 aromatic rings. The van der Waals surface area contributed by atoms with Gasteiger partial charge in [-0.15, -0.1) is 0 Å². The van der Waals surface area contributed by atoms with E-state index in [4.69, 9.17) is 4.74 Å². The molecule has 0 spiro atoms. The summed E-state index contributed by atoms with van der Waals surface area (Å²) in [5.74, 6) is 0.277. The molecule has 0 atom stereocenters. The van der Waals surface area contributed by atoms with E-state index in [1.54, 1.807) is 16.8 Å². The molecule has 0 radical (unpaired) electrons. The number of anilines is 1. The third-order valence-corrected chi connectivity index (χ3v) is 6.63. The van der Waals surface area contributed by atoms with Crippen molar-refractivity contribution >= 4 is 21.6 Å². The monoisotopic (exact) mass is 406 g/mol. The highest BCUT2D eigenvalue weighted by Gasteiger charge is 2.33. The predicted octanol–water partition coefficient (Wildman–Crippen LogP) is 2.34. The van der Waals surface area contributed by atoms with E-state index in [-0.39, 0.29) is 16.9 Å². The number of carbonyl (C=O) groups excluding carboxylic acids is 1. The van der Waals surface area contributed by atoms with Gasteiger partial charge < -0.3 is 14.6 Å². The first-order valence-electron chi connectivity index (χ1n) is 9.50. The molecule has 2 heterocycles. The van der Waals surface area contributed by atoms with Crippen LogP contribution in [0.3, 0.4) is 0 Å². The fourth-order valence-corrected chi connectivity index (χ4v) is 4.63. The lowest BCUT2D eigenvalue weighted by Crippen LogP contribution is -2.41. The number of imidazole rings is 1. The molecule has 0 saturated carbocycles. The zero-order valence-electron chi connectivity index (χ0n) is 16.2. The Morgan fingerprint density at radius 1 is 1.25 bits per heavy atom. The minimum atomic E-state index is -3.62. The SMILES string of the molecule is CCOc1ccccc1NC(=O)C1CCN(S(=O)(=O)c2cn(CC)cn2)CC1. The van der Waals surface area contributed by atoms with E-state index in [9.17, 15) is 13.2 Å². The number of carbonyl (C=O) groups is 1. The first-order valence-corrected chi connectivity index (χ1v) is 10.9. The number of hydrogen-bond donors (Lipinski definition) is 1. The molecule has 1 fully saturated rings. The minimum Gasteiger partial charge on any atom is -0.492 e. The minimum absolute atomic E-state index is 0.0582. The van der Waals surface area contributed by atoms with Gasteiger partial charge in [-0.3, -0.25) is 4.79 Å². The molecule has 1 aliphatic heterocycles. The topological polar surface area (TPSA) is 93.5 Å². The highest BCUT2D eigenvalue weighted by molar-refractivity contribution is 7.89. The molecule has 9 heteroatoms. The maximum atomic E-state index is 12.7. The van der Waals surface area contributed by atoms with Crippen molar-refractivity contribution in [3.8, 4) is 5.75 Å². The Morgan fingerprint density at radius 3 is 2.61 bits per heavy atom. The Kier molecular flexibility index (Phi) is 6.35. The zero-order chi connectivity index (χ0) is 20.1. The van der Waals surface area contributed by atoms with Gasteiger partial charge >= 0.3 is 0 Å². The Balaban J connectivity index is 1.61. The molecule has 152 valence electrons. The number of aromatic nitrogens is 2. The molecular weight excluding hydrogens is 380 g/mol. The van der Waals surface area contributed by atoms with Gasteiger partial charge in [-0.05, 0) is 38.8 Å². The van der Waals surface area contributed by atoms with Gasteiger partial charge in [0.05, 0.1) is 18.6 Å². The van der Waals surface area contributed by atoms with Gasteiger partial charge in [0.1, 0.15) is 5.75 Å². The third-order valence-electron chi connectivity index (χ3n) is 4.85. The van der Waals surface area contributed by atoms with Gasteiger partial charge in [-0.2, -0.15) is 4.31 Å². The molecule has 0 aliphatic carbocycles. The second-order valence-corrected chi connectivity index (χ2v) is 8.52. The summed E-state index contributed by atoms with van der Waals surface area (Å²) < 4.78 is 34.1. The number of nitrogens with zero attached hydrogens (tertiary/aromatic N) is 3. The van der Waals surface area contributed by atoms with Crippen LogP contribution in [0.5, 0.6) is 5.75 Å². The highest BCUT2D eigenvalue weighted by atomic mass is 32.2. The Labute approximate surface area is 165 Å². The smallest absolute Gasteiger partial charge is 0.262 e. The quantitative estimate of drug-likeness (QED) is 0.762. The molecular formula is C19H26N4O4S. The standard InChI is InChI=1S/C19H26N4O4S/c1-3-22-13-18(20-14-22)28(25,26)23-11-9-15(10-12-23)19(24)21-16-7-5-6-8-17(16)27-4-2/h5-8,13-15H,3-4,9-12H2,1-2H3,(H,21,24). The Bertz CT molecular complexity index is 918. The van der Waals surface area contributed by atoms with E-state index in [2.05, 4.69) is 10.3 Å². The van der Waals surface area contributed by atoms with Crippen LogP contribution in [0.2, 0.25) is 0 Å². The van der Waals surface area contributed by atoms with Crippen molar-refractivity contribution in [1.29, 1.82) is 0 Å². The molecule has 0 bridgehead atoms. The predicted molar refractivity (Wildman–Crippen MR) is 106 cm³/mol. The van der Waals surface area contributed by atoms with Crippen molar-refractivity contribution < 1.29 is 17.9 Å². The van der Waals surface area contributed by atoms with Crippen molar-refractivity contribution in [3.63, 3.8) is 0 Å². The van der Waals surface area contributed by atoms with Crippen molar-refractivity contribution in [2.75, 3.05) is 25.0 Å². The fraction of sp³-hybridized carbons (Fsp3) is 0.474. The van der Waals surface area contributed by atoms with Gasteiger partial charge in [-0.25, -0.2) is 13.4 Å². The first kappa shape index (κ1) is 20.3. The van der Waals surface area contributed by atoms with Gasteiger partial charge in [0.2, 0.25) is 5.91 Å². The number of amides is 1. The average molecular weight is 407 g/mol. The number of rotatable bonds is 7. The maximum absolute atomic E-state index is 12.7. The molecule has 1 aromatic heterocycles. The lowest BCUT2D eigenvalue weighted by molar-refractivity contribution is -0.120. The molecule has 8 nitrogen and oxygen atoms in total. The van der Waals surface area contributed by atoms with E-state index in [1.165, 1.54) is 10.6 Å². The number of piperidine rings is 1. The van der Waals surface area contributed by atoms with E-state index < -0.39 is 10.0 Å². The van der Waals surface area contributed by atoms with Crippen LogP contribution in [-0.4, -0.2) is 47.9 Å². The van der Waals surface area contributed by atoms with Gasteiger partial charge in [0, 0.05) is 31.7 Å². The van der Waals surface area contributed by atoms with Crippen LogP contribution in [0.1, 0.15) is 26.7 Å². The summed E-state index contributed by atoms with van der Waals surface area (Å²) >= 11 is 0. The lowest BCUT2D eigenvalue weighted by atomic mass is 9.97. The summed E-state index contributed by atoms with van der Waals surface area (Å²) in [6, 6.07) is 7.29. The number of para-hydroxylation sites is 2. The third kappa shape index (κ3) is 4.36. The van der Waals surface area contributed by atoms with Gasteiger partial charge in [-0.1, -0.05) is 12.1 Å². The van der Waals surface area contributed by atoms with E-state index in [0.29, 0.717) is 50.5 Å².